The third-order valence-electron chi connectivity index (χ3n) is 4.37. The topological polar surface area (TPSA) is 80.4 Å². The summed E-state index contributed by atoms with van der Waals surface area (Å²) in [5.74, 6) is 1.66. The van der Waals surface area contributed by atoms with Gasteiger partial charge in [-0.2, -0.15) is 0 Å². The molecule has 0 aliphatic carbocycles. The highest BCUT2D eigenvalue weighted by molar-refractivity contribution is 5.92. The molecular formula is C18H24N4O3. The van der Waals surface area contributed by atoms with Gasteiger partial charge in [-0.3, -0.25) is 9.59 Å². The molecule has 0 saturated carbocycles. The third kappa shape index (κ3) is 3.75. The van der Waals surface area contributed by atoms with E-state index in [4.69, 9.17) is 4.42 Å². The molecule has 7 heteroatoms. The van der Waals surface area contributed by atoms with Gasteiger partial charge in [-0.05, 0) is 25.0 Å². The minimum absolute atomic E-state index is 0.133. The fourth-order valence-corrected chi connectivity index (χ4v) is 3.08. The lowest BCUT2D eigenvalue weighted by molar-refractivity contribution is -0.135. The van der Waals surface area contributed by atoms with E-state index in [2.05, 4.69) is 10.3 Å². The van der Waals surface area contributed by atoms with Crippen molar-refractivity contribution in [1.82, 2.24) is 19.8 Å². The van der Waals surface area contributed by atoms with Crippen LogP contribution in [0.1, 0.15) is 55.3 Å². The van der Waals surface area contributed by atoms with Crippen LogP contribution in [0.4, 0.5) is 0 Å². The average Bonchev–Trinajstić information content (AvgIpc) is 3.21. The van der Waals surface area contributed by atoms with E-state index in [9.17, 15) is 9.59 Å². The molecule has 1 N–H and O–H groups in total. The van der Waals surface area contributed by atoms with Crippen LogP contribution in [0.15, 0.2) is 29.0 Å². The molecule has 7 nitrogen and oxygen atoms in total. The van der Waals surface area contributed by atoms with Crippen LogP contribution in [0.2, 0.25) is 0 Å². The number of carbonyl (C=O) groups is 2. The summed E-state index contributed by atoms with van der Waals surface area (Å²) in [4.78, 5) is 31.0. The summed E-state index contributed by atoms with van der Waals surface area (Å²) in [6, 6.07) is 3.45. The number of fused-ring (bicyclic) bond motifs is 1. The van der Waals surface area contributed by atoms with Crippen LogP contribution in [0.5, 0.6) is 0 Å². The molecule has 0 spiro atoms. The summed E-state index contributed by atoms with van der Waals surface area (Å²) in [6.07, 6.45) is 3.86. The number of hydrogen-bond donors (Lipinski definition) is 1. The number of furan rings is 1. The molecule has 3 rings (SSSR count). The first-order chi connectivity index (χ1) is 12.0. The van der Waals surface area contributed by atoms with Gasteiger partial charge < -0.3 is 19.2 Å². The van der Waals surface area contributed by atoms with Crippen LogP contribution in [-0.2, 0) is 17.9 Å². The maximum atomic E-state index is 12.4. The molecule has 1 atom stereocenters. The monoisotopic (exact) mass is 344 g/mol. The second-order valence-electron chi connectivity index (χ2n) is 6.80. The fourth-order valence-electron chi connectivity index (χ4n) is 3.08. The van der Waals surface area contributed by atoms with Crippen molar-refractivity contribution in [2.75, 3.05) is 6.54 Å². The Morgan fingerprint density at radius 3 is 2.88 bits per heavy atom. The van der Waals surface area contributed by atoms with E-state index < -0.39 is 0 Å². The van der Waals surface area contributed by atoms with Crippen LogP contribution >= 0.6 is 0 Å². The van der Waals surface area contributed by atoms with Gasteiger partial charge in [0.05, 0.1) is 18.8 Å². The second kappa shape index (κ2) is 7.13. The Balaban J connectivity index is 1.69. The quantitative estimate of drug-likeness (QED) is 0.903. The van der Waals surface area contributed by atoms with Crippen molar-refractivity contribution in [2.45, 2.75) is 46.3 Å². The third-order valence-corrected chi connectivity index (χ3v) is 4.37. The molecule has 25 heavy (non-hydrogen) atoms. The van der Waals surface area contributed by atoms with Crippen molar-refractivity contribution in [1.29, 1.82) is 0 Å². The molecule has 0 bridgehead atoms. The fraction of sp³-hybridized carbons (Fsp3) is 0.500. The number of nitrogens with one attached hydrogen (secondary N) is 1. The van der Waals surface area contributed by atoms with Crippen LogP contribution in [0.25, 0.3) is 0 Å². The SMILES string of the molecule is CC(C)CC(=O)N1CCn2cc(C(=O)NCc3ccco3)nc2[C@@H]1C. The van der Waals surface area contributed by atoms with E-state index >= 15 is 0 Å². The number of rotatable bonds is 5. The Hall–Kier alpha value is -2.57. The van der Waals surface area contributed by atoms with Gasteiger partial charge in [0.2, 0.25) is 5.91 Å². The first-order valence-corrected chi connectivity index (χ1v) is 8.63. The van der Waals surface area contributed by atoms with Crippen molar-refractivity contribution < 1.29 is 14.0 Å². The van der Waals surface area contributed by atoms with Gasteiger partial charge in [0.25, 0.3) is 5.91 Å². The van der Waals surface area contributed by atoms with E-state index in [1.807, 2.05) is 30.2 Å². The molecule has 0 saturated heterocycles. The summed E-state index contributed by atoms with van der Waals surface area (Å²) in [5.41, 5.74) is 0.367. The summed E-state index contributed by atoms with van der Waals surface area (Å²) < 4.78 is 7.17. The Labute approximate surface area is 147 Å². The zero-order valence-corrected chi connectivity index (χ0v) is 14.9. The van der Waals surface area contributed by atoms with Crippen molar-refractivity contribution in [3.05, 3.63) is 41.9 Å². The normalized spacial score (nSPS) is 16.8. The van der Waals surface area contributed by atoms with E-state index in [-0.39, 0.29) is 17.9 Å². The molecule has 3 heterocycles. The number of carbonyl (C=O) groups excluding carboxylic acids is 2. The van der Waals surface area contributed by atoms with Crippen molar-refractivity contribution in [3.8, 4) is 0 Å². The molecule has 0 unspecified atom stereocenters. The number of aromatic nitrogens is 2. The highest BCUT2D eigenvalue weighted by Gasteiger charge is 2.30. The van der Waals surface area contributed by atoms with E-state index in [0.29, 0.717) is 43.4 Å². The Morgan fingerprint density at radius 1 is 1.40 bits per heavy atom. The molecular weight excluding hydrogens is 320 g/mol. The number of amides is 2. The number of nitrogens with zero attached hydrogens (tertiary/aromatic N) is 3. The number of hydrogen-bond acceptors (Lipinski definition) is 4. The summed E-state index contributed by atoms with van der Waals surface area (Å²) in [6.45, 7) is 7.65. The van der Waals surface area contributed by atoms with Crippen molar-refractivity contribution >= 4 is 11.8 Å². The van der Waals surface area contributed by atoms with Gasteiger partial charge in [-0.15, -0.1) is 0 Å². The highest BCUT2D eigenvalue weighted by Crippen LogP contribution is 2.26. The molecule has 2 aromatic heterocycles. The van der Waals surface area contributed by atoms with Gasteiger partial charge in [0.1, 0.15) is 17.3 Å². The maximum Gasteiger partial charge on any atom is 0.271 e. The first-order valence-electron chi connectivity index (χ1n) is 8.63. The van der Waals surface area contributed by atoms with Gasteiger partial charge in [0.15, 0.2) is 0 Å². The van der Waals surface area contributed by atoms with E-state index in [1.54, 1.807) is 24.6 Å². The Bertz CT molecular complexity index is 748. The smallest absolute Gasteiger partial charge is 0.271 e. The molecule has 2 amide bonds. The average molecular weight is 344 g/mol. The lowest BCUT2D eigenvalue weighted by Gasteiger charge is -2.34. The van der Waals surface area contributed by atoms with E-state index in [1.165, 1.54) is 0 Å². The standard InChI is InChI=1S/C18H24N4O3/c1-12(2)9-16(23)22-7-6-21-11-15(20-17(21)13(22)3)18(24)19-10-14-5-4-8-25-14/h4-5,8,11-13H,6-7,9-10H2,1-3H3,(H,19,24)/t13-/m0/s1. The second-order valence-corrected chi connectivity index (χ2v) is 6.80. The minimum atomic E-state index is -0.245. The van der Waals surface area contributed by atoms with E-state index in [0.717, 1.165) is 5.82 Å². The molecule has 0 radical (unpaired) electrons. The molecule has 1 aliphatic heterocycles. The van der Waals surface area contributed by atoms with Gasteiger partial charge in [0, 0.05) is 25.7 Å². The first kappa shape index (κ1) is 17.3. The molecule has 134 valence electrons. The van der Waals surface area contributed by atoms with Crippen molar-refractivity contribution in [2.24, 2.45) is 5.92 Å². The maximum absolute atomic E-state index is 12.4. The predicted molar refractivity (Wildman–Crippen MR) is 91.7 cm³/mol. The Kier molecular flexibility index (Phi) is 4.92. The highest BCUT2D eigenvalue weighted by atomic mass is 16.3. The summed E-state index contributed by atoms with van der Waals surface area (Å²) in [5, 5.41) is 2.80. The molecule has 2 aromatic rings. The van der Waals surface area contributed by atoms with Gasteiger partial charge in [-0.1, -0.05) is 13.8 Å². The predicted octanol–water partition coefficient (Wildman–Crippen LogP) is 2.36. The summed E-state index contributed by atoms with van der Waals surface area (Å²) >= 11 is 0. The molecule has 0 fully saturated rings. The Morgan fingerprint density at radius 2 is 2.20 bits per heavy atom. The number of imidazole rings is 1. The van der Waals surface area contributed by atoms with Crippen LogP contribution in [0, 0.1) is 5.92 Å². The van der Waals surface area contributed by atoms with Crippen LogP contribution in [-0.4, -0.2) is 32.8 Å². The minimum Gasteiger partial charge on any atom is -0.467 e. The zero-order valence-electron chi connectivity index (χ0n) is 14.9. The lowest BCUT2D eigenvalue weighted by atomic mass is 10.1. The van der Waals surface area contributed by atoms with Crippen molar-refractivity contribution in [3.63, 3.8) is 0 Å². The van der Waals surface area contributed by atoms with Crippen LogP contribution in [0.3, 0.4) is 0 Å². The molecule has 0 aromatic carbocycles. The van der Waals surface area contributed by atoms with Gasteiger partial charge in [-0.25, -0.2) is 4.98 Å². The lowest BCUT2D eigenvalue weighted by Crippen LogP contribution is -2.41. The zero-order chi connectivity index (χ0) is 18.0. The summed E-state index contributed by atoms with van der Waals surface area (Å²) in [7, 11) is 0. The van der Waals surface area contributed by atoms with Gasteiger partial charge >= 0.3 is 0 Å². The molecule has 1 aliphatic rings. The largest absolute Gasteiger partial charge is 0.467 e. The van der Waals surface area contributed by atoms with Crippen LogP contribution < -0.4 is 5.32 Å².